The number of carbonyl (C=O) groups is 1. The summed E-state index contributed by atoms with van der Waals surface area (Å²) in [5.41, 5.74) is 7.01. The van der Waals surface area contributed by atoms with E-state index >= 15 is 0 Å². The van der Waals surface area contributed by atoms with Crippen molar-refractivity contribution in [2.75, 3.05) is 10.7 Å². The Morgan fingerprint density at radius 3 is 1.97 bits per heavy atom. The number of hydrogen-bond acceptors (Lipinski definition) is 4. The lowest BCUT2D eigenvalue weighted by Crippen LogP contribution is -2.22. The average molecular weight is 406 g/mol. The molecule has 29 heavy (non-hydrogen) atoms. The van der Waals surface area contributed by atoms with Crippen LogP contribution in [-0.4, -0.2) is 11.7 Å². The van der Waals surface area contributed by atoms with Crippen LogP contribution in [0.2, 0.25) is 5.02 Å². The summed E-state index contributed by atoms with van der Waals surface area (Å²) in [6, 6.07) is 21.9. The van der Waals surface area contributed by atoms with Crippen LogP contribution < -0.4 is 10.7 Å². The van der Waals surface area contributed by atoms with Crippen molar-refractivity contribution in [3.8, 4) is 0 Å². The van der Waals surface area contributed by atoms with E-state index < -0.39 is 5.91 Å². The second-order valence-corrected chi connectivity index (χ2v) is 6.85. The molecule has 0 atom stereocenters. The van der Waals surface area contributed by atoms with Gasteiger partial charge < -0.3 is 5.32 Å². The van der Waals surface area contributed by atoms with E-state index in [4.69, 9.17) is 11.6 Å². The van der Waals surface area contributed by atoms with Gasteiger partial charge in [0.25, 0.3) is 11.7 Å². The zero-order valence-electron chi connectivity index (χ0n) is 16.1. The van der Waals surface area contributed by atoms with E-state index in [1.807, 2.05) is 62.4 Å². The number of nitrogens with zero attached hydrogens (tertiary/aromatic N) is 3. The van der Waals surface area contributed by atoms with Gasteiger partial charge in [-0.1, -0.05) is 47.0 Å². The molecule has 0 fully saturated rings. The maximum atomic E-state index is 12.7. The normalized spacial score (nSPS) is 11.5. The predicted molar refractivity (Wildman–Crippen MR) is 118 cm³/mol. The summed E-state index contributed by atoms with van der Waals surface area (Å²) in [5.74, 6) is -0.608. The van der Waals surface area contributed by atoms with Crippen LogP contribution in [-0.2, 0) is 4.79 Å². The molecule has 0 saturated carbocycles. The third-order valence-corrected chi connectivity index (χ3v) is 4.19. The second kappa shape index (κ2) is 9.61. The van der Waals surface area contributed by atoms with Gasteiger partial charge in [0.1, 0.15) is 0 Å². The van der Waals surface area contributed by atoms with Crippen molar-refractivity contribution < 1.29 is 4.79 Å². The lowest BCUT2D eigenvalue weighted by molar-refractivity contribution is -0.110. The number of anilines is 2. The average Bonchev–Trinajstić information content (AvgIpc) is 2.72. The smallest absolute Gasteiger partial charge is 0.297 e. The number of amidine groups is 1. The number of carbonyl (C=O) groups excluding carboxylic acids is 1. The van der Waals surface area contributed by atoms with Crippen LogP contribution in [0.15, 0.2) is 88.1 Å². The van der Waals surface area contributed by atoms with Crippen molar-refractivity contribution in [2.24, 2.45) is 15.3 Å². The third kappa shape index (κ3) is 6.26. The van der Waals surface area contributed by atoms with E-state index in [0.717, 1.165) is 16.8 Å². The first kappa shape index (κ1) is 20.2. The molecule has 0 radical (unpaired) electrons. The highest BCUT2D eigenvalue weighted by atomic mass is 35.5. The van der Waals surface area contributed by atoms with Gasteiger partial charge in [-0.2, -0.15) is 0 Å². The summed E-state index contributed by atoms with van der Waals surface area (Å²) in [6.07, 6.45) is 0. The number of azo groups is 1. The quantitative estimate of drug-likeness (QED) is 0.238. The highest BCUT2D eigenvalue weighted by Crippen LogP contribution is 2.15. The SMILES string of the molecule is Cc1ccc(N=NC(=NNc2ccc(C)cc2)C(=O)Nc2ccc(Cl)cc2)cc1. The molecule has 6 nitrogen and oxygen atoms in total. The van der Waals surface area contributed by atoms with Crippen molar-refractivity contribution in [1.82, 2.24) is 0 Å². The lowest BCUT2D eigenvalue weighted by Gasteiger charge is -2.06. The fourth-order valence-corrected chi connectivity index (χ4v) is 2.43. The number of amides is 1. The summed E-state index contributed by atoms with van der Waals surface area (Å²) in [6.45, 7) is 3.98. The van der Waals surface area contributed by atoms with Gasteiger partial charge in [-0.05, 0) is 62.4 Å². The maximum Gasteiger partial charge on any atom is 0.297 e. The maximum absolute atomic E-state index is 12.7. The van der Waals surface area contributed by atoms with Crippen LogP contribution in [0.4, 0.5) is 17.1 Å². The number of hydrazone groups is 1. The first-order chi connectivity index (χ1) is 14.0. The zero-order valence-corrected chi connectivity index (χ0v) is 16.8. The molecule has 3 aromatic carbocycles. The van der Waals surface area contributed by atoms with Crippen LogP contribution in [0, 0.1) is 13.8 Å². The van der Waals surface area contributed by atoms with E-state index in [-0.39, 0.29) is 5.84 Å². The summed E-state index contributed by atoms with van der Waals surface area (Å²) < 4.78 is 0. The van der Waals surface area contributed by atoms with Crippen molar-refractivity contribution >= 4 is 40.4 Å². The lowest BCUT2D eigenvalue weighted by atomic mass is 10.2. The van der Waals surface area contributed by atoms with Crippen molar-refractivity contribution in [3.05, 3.63) is 88.9 Å². The van der Waals surface area contributed by atoms with Gasteiger partial charge >= 0.3 is 0 Å². The Hall–Kier alpha value is -3.51. The molecule has 0 aliphatic heterocycles. The number of nitrogens with one attached hydrogen (secondary N) is 2. The molecular weight excluding hydrogens is 386 g/mol. The fourth-order valence-electron chi connectivity index (χ4n) is 2.30. The summed E-state index contributed by atoms with van der Waals surface area (Å²) >= 11 is 5.89. The first-order valence-electron chi connectivity index (χ1n) is 8.95. The van der Waals surface area contributed by atoms with Crippen LogP contribution in [0.5, 0.6) is 0 Å². The molecule has 0 bridgehead atoms. The summed E-state index contributed by atoms with van der Waals surface area (Å²) in [7, 11) is 0. The van der Waals surface area contributed by atoms with E-state index in [9.17, 15) is 4.79 Å². The molecule has 0 aromatic heterocycles. The molecule has 0 aliphatic rings. The Morgan fingerprint density at radius 2 is 1.34 bits per heavy atom. The van der Waals surface area contributed by atoms with Gasteiger partial charge in [-0.25, -0.2) is 0 Å². The number of aryl methyl sites for hydroxylation is 2. The van der Waals surface area contributed by atoms with Crippen LogP contribution in [0.25, 0.3) is 0 Å². The van der Waals surface area contributed by atoms with Crippen LogP contribution in [0.3, 0.4) is 0 Å². The number of benzene rings is 3. The highest BCUT2D eigenvalue weighted by Gasteiger charge is 2.12. The number of rotatable bonds is 4. The van der Waals surface area contributed by atoms with E-state index in [0.29, 0.717) is 16.4 Å². The standard InChI is InChI=1S/C22H20ClN5O/c1-15-3-9-19(10-4-15)25-27-21(28-26-20-11-5-16(2)6-12-20)22(29)24-18-13-7-17(23)8-14-18/h3-14,25H,1-2H3,(H,24,29). The number of hydrogen-bond donors (Lipinski definition) is 2. The molecule has 146 valence electrons. The van der Waals surface area contributed by atoms with Gasteiger partial charge in [0.15, 0.2) is 0 Å². The van der Waals surface area contributed by atoms with Gasteiger partial charge in [0.05, 0.1) is 11.4 Å². The highest BCUT2D eigenvalue weighted by molar-refractivity contribution is 6.42. The van der Waals surface area contributed by atoms with Crippen LogP contribution in [0.1, 0.15) is 11.1 Å². The first-order valence-corrected chi connectivity index (χ1v) is 9.33. The Balaban J connectivity index is 1.81. The Kier molecular flexibility index (Phi) is 6.71. The summed E-state index contributed by atoms with van der Waals surface area (Å²) in [4.78, 5) is 12.7. The monoisotopic (exact) mass is 405 g/mol. The van der Waals surface area contributed by atoms with Gasteiger partial charge in [0, 0.05) is 10.7 Å². The van der Waals surface area contributed by atoms with E-state index in [2.05, 4.69) is 26.1 Å². The molecule has 1 amide bonds. The Labute approximate surface area is 174 Å². The molecule has 0 heterocycles. The summed E-state index contributed by atoms with van der Waals surface area (Å²) in [5, 5.41) is 15.6. The third-order valence-electron chi connectivity index (χ3n) is 3.94. The minimum Gasteiger partial charge on any atom is -0.319 e. The predicted octanol–water partition coefficient (Wildman–Crippen LogP) is 6.10. The topological polar surface area (TPSA) is 78.2 Å². The minimum atomic E-state index is -0.497. The Morgan fingerprint density at radius 1 is 0.793 bits per heavy atom. The zero-order chi connectivity index (χ0) is 20.6. The van der Waals surface area contributed by atoms with Gasteiger partial charge in [0.2, 0.25) is 0 Å². The molecule has 3 aromatic rings. The number of halogens is 1. The molecule has 0 saturated heterocycles. The molecule has 0 unspecified atom stereocenters. The molecular formula is C22H20ClN5O. The molecule has 0 aliphatic carbocycles. The van der Waals surface area contributed by atoms with Crippen molar-refractivity contribution in [2.45, 2.75) is 13.8 Å². The van der Waals surface area contributed by atoms with Gasteiger partial charge in [-0.15, -0.1) is 15.3 Å². The molecule has 7 heteroatoms. The Bertz CT molecular complexity index is 1030. The molecule has 3 rings (SSSR count). The van der Waals surface area contributed by atoms with E-state index in [1.54, 1.807) is 24.3 Å². The van der Waals surface area contributed by atoms with E-state index in [1.165, 1.54) is 0 Å². The largest absolute Gasteiger partial charge is 0.319 e. The van der Waals surface area contributed by atoms with Crippen molar-refractivity contribution in [1.29, 1.82) is 0 Å². The fraction of sp³-hybridized carbons (Fsp3) is 0.0909. The molecule has 0 spiro atoms. The van der Waals surface area contributed by atoms with Crippen LogP contribution >= 0.6 is 11.6 Å². The molecule has 2 N–H and O–H groups in total. The second-order valence-electron chi connectivity index (χ2n) is 6.41. The van der Waals surface area contributed by atoms with Crippen molar-refractivity contribution in [3.63, 3.8) is 0 Å². The minimum absolute atomic E-state index is 0.110. The van der Waals surface area contributed by atoms with Gasteiger partial charge in [-0.3, -0.25) is 10.2 Å².